The molecule has 0 aliphatic heterocycles. The van der Waals surface area contributed by atoms with Crippen LogP contribution in [0.3, 0.4) is 0 Å². The Hall–Kier alpha value is -2.11. The third-order valence-corrected chi connectivity index (χ3v) is 4.45. The molecule has 1 heteroatoms. The maximum atomic E-state index is 11.9. The van der Waals surface area contributed by atoms with E-state index in [1.165, 1.54) is 22.3 Å². The smallest absolute Gasteiger partial charge is 0.299 e. The summed E-state index contributed by atoms with van der Waals surface area (Å²) in [5.74, 6) is 0.109. The van der Waals surface area contributed by atoms with Gasteiger partial charge in [-0.1, -0.05) is 53.6 Å². The van der Waals surface area contributed by atoms with Crippen molar-refractivity contribution in [3.8, 4) is 0 Å². The summed E-state index contributed by atoms with van der Waals surface area (Å²) in [4.78, 5) is 11.9. The largest absolute Gasteiger partial charge is 1.00 e. The van der Waals surface area contributed by atoms with E-state index in [-0.39, 0.29) is 13.1 Å². The van der Waals surface area contributed by atoms with Crippen LogP contribution < -0.4 is 0 Å². The Labute approximate surface area is 161 Å². The average Bonchev–Trinajstić information content (AvgIpc) is 2.59. The molecule has 1 atom stereocenters. The van der Waals surface area contributed by atoms with Gasteiger partial charge >= 0.3 is 1.43 Å². The number of Topliss-reactive ketones (excluding diaryl/α,β-unsaturated/α-hetero) is 1. The number of rotatable bonds is 10. The van der Waals surface area contributed by atoms with Crippen LogP contribution in [0.1, 0.15) is 67.3 Å². The minimum Gasteiger partial charge on any atom is -0.299 e. The Balaban J connectivity index is 0.00000676. The molecule has 0 fully saturated rings. The van der Waals surface area contributed by atoms with E-state index in [1.54, 1.807) is 6.92 Å². The second kappa shape index (κ2) is 12.3. The Morgan fingerprint density at radius 2 is 1.65 bits per heavy atom. The molecular weight excluding hydrogens is 316 g/mol. The summed E-state index contributed by atoms with van der Waals surface area (Å²) in [5.41, 5.74) is 8.58. The molecule has 0 aliphatic rings. The van der Waals surface area contributed by atoms with Gasteiger partial charge in [-0.2, -0.15) is 0 Å². The van der Waals surface area contributed by atoms with Gasteiger partial charge in [-0.05, 0) is 83.9 Å². The molecule has 1 nitrogen and oxygen atoms in total. The number of allylic oxidation sites excluding steroid dienone is 5. The molecule has 0 spiro atoms. The lowest BCUT2D eigenvalue weighted by molar-refractivity contribution is -0.119. The molecular formula is C25H35O+. The zero-order chi connectivity index (χ0) is 19.4. The first-order valence-electron chi connectivity index (χ1n) is 9.64. The molecule has 0 amide bonds. The van der Waals surface area contributed by atoms with Gasteiger partial charge < -0.3 is 0 Å². The summed E-state index contributed by atoms with van der Waals surface area (Å²) < 4.78 is 0. The Morgan fingerprint density at radius 3 is 2.27 bits per heavy atom. The number of benzene rings is 1. The molecule has 0 aromatic heterocycles. The van der Waals surface area contributed by atoms with Crippen LogP contribution in [-0.4, -0.2) is 5.78 Å². The van der Waals surface area contributed by atoms with Gasteiger partial charge in [-0.15, -0.1) is 5.73 Å². The van der Waals surface area contributed by atoms with Crippen LogP contribution in [0.2, 0.25) is 0 Å². The van der Waals surface area contributed by atoms with E-state index in [1.807, 2.05) is 24.3 Å². The predicted molar refractivity (Wildman–Crippen MR) is 114 cm³/mol. The van der Waals surface area contributed by atoms with Crippen molar-refractivity contribution >= 4 is 5.78 Å². The van der Waals surface area contributed by atoms with Crippen molar-refractivity contribution in [2.45, 2.75) is 66.7 Å². The molecule has 140 valence electrons. The molecule has 0 N–H and O–H groups in total. The lowest BCUT2D eigenvalue weighted by Gasteiger charge is -2.08. The Kier molecular flexibility index (Phi) is 10.4. The molecule has 1 aromatic rings. The van der Waals surface area contributed by atoms with Crippen molar-refractivity contribution in [3.05, 3.63) is 76.6 Å². The van der Waals surface area contributed by atoms with E-state index in [2.05, 4.69) is 57.7 Å². The Morgan fingerprint density at radius 1 is 1.00 bits per heavy atom. The van der Waals surface area contributed by atoms with Gasteiger partial charge in [0.25, 0.3) is 0 Å². The quantitative estimate of drug-likeness (QED) is 0.324. The number of hydrogen-bond acceptors (Lipinski definition) is 1. The summed E-state index contributed by atoms with van der Waals surface area (Å²) in [6.07, 6.45) is 11.6. The van der Waals surface area contributed by atoms with Gasteiger partial charge in [0.2, 0.25) is 0 Å². The normalized spacial score (nSPS) is 12.1. The van der Waals surface area contributed by atoms with E-state index in [0.29, 0.717) is 0 Å². The lowest BCUT2D eigenvalue weighted by atomic mass is 9.95. The van der Waals surface area contributed by atoms with Crippen LogP contribution in [0.25, 0.3) is 0 Å². The van der Waals surface area contributed by atoms with Crippen LogP contribution in [0, 0.1) is 5.92 Å². The van der Waals surface area contributed by atoms with Crippen molar-refractivity contribution in [1.29, 1.82) is 0 Å². The third kappa shape index (κ3) is 10.0. The summed E-state index contributed by atoms with van der Waals surface area (Å²) in [6, 6.07) is 10.2. The molecule has 0 heterocycles. The van der Waals surface area contributed by atoms with Crippen molar-refractivity contribution < 1.29 is 6.22 Å². The zero-order valence-electron chi connectivity index (χ0n) is 18.1. The maximum Gasteiger partial charge on any atom is 1.00 e. The monoisotopic (exact) mass is 351 g/mol. The molecule has 0 saturated carbocycles. The van der Waals surface area contributed by atoms with Crippen molar-refractivity contribution in [2.75, 3.05) is 0 Å². The SMILES string of the molecule is CC(=O)C(C=C=C(C)CCC=C(C)CCC=C(C)C)Cc1ccccc1.[H+]. The topological polar surface area (TPSA) is 17.1 Å². The molecule has 26 heavy (non-hydrogen) atoms. The van der Waals surface area contributed by atoms with Crippen molar-refractivity contribution in [2.24, 2.45) is 5.92 Å². The summed E-state index contributed by atoms with van der Waals surface area (Å²) in [7, 11) is 0. The fourth-order valence-electron chi connectivity index (χ4n) is 2.73. The average molecular weight is 352 g/mol. The first-order chi connectivity index (χ1) is 12.4. The standard InChI is InChI=1S/C25H34O/c1-20(2)11-9-12-21(3)13-10-14-22(4)17-18-25(23(5)26)19-24-15-7-6-8-16-24/h6-8,11,13,15-16,18,25H,9-10,12,14,19H2,1-5H3/p+1. The summed E-state index contributed by atoms with van der Waals surface area (Å²) in [5, 5.41) is 0. The number of carbonyl (C=O) groups is 1. The van der Waals surface area contributed by atoms with Crippen molar-refractivity contribution in [3.63, 3.8) is 0 Å². The molecule has 0 radical (unpaired) electrons. The minimum atomic E-state index is -0.0892. The first kappa shape index (κ1) is 21.9. The Bertz CT molecular complexity index is 684. The molecule has 1 aromatic carbocycles. The number of hydrogen-bond donors (Lipinski definition) is 0. The highest BCUT2D eigenvalue weighted by molar-refractivity contribution is 5.80. The number of ketones is 1. The minimum absolute atomic E-state index is 0. The second-order valence-corrected chi connectivity index (χ2v) is 7.41. The van der Waals surface area contributed by atoms with Crippen LogP contribution >= 0.6 is 0 Å². The van der Waals surface area contributed by atoms with Gasteiger partial charge in [-0.25, -0.2) is 0 Å². The van der Waals surface area contributed by atoms with E-state index >= 15 is 0 Å². The van der Waals surface area contributed by atoms with Crippen LogP contribution in [-0.2, 0) is 11.2 Å². The number of carbonyl (C=O) groups excluding carboxylic acids is 1. The predicted octanol–water partition coefficient (Wildman–Crippen LogP) is 7.12. The van der Waals surface area contributed by atoms with Gasteiger partial charge in [0.05, 0.1) is 0 Å². The van der Waals surface area contributed by atoms with Gasteiger partial charge in [0, 0.05) is 5.92 Å². The van der Waals surface area contributed by atoms with Gasteiger partial charge in [-0.3, -0.25) is 4.79 Å². The maximum absolute atomic E-state index is 11.9. The molecule has 0 aliphatic carbocycles. The first-order valence-corrected chi connectivity index (χ1v) is 9.64. The highest BCUT2D eigenvalue weighted by Crippen LogP contribution is 2.13. The highest BCUT2D eigenvalue weighted by Gasteiger charge is 2.11. The lowest BCUT2D eigenvalue weighted by Crippen LogP contribution is -2.10. The summed E-state index contributed by atoms with van der Waals surface area (Å²) >= 11 is 0. The second-order valence-electron chi connectivity index (χ2n) is 7.41. The van der Waals surface area contributed by atoms with Crippen LogP contribution in [0.15, 0.2) is 71.0 Å². The highest BCUT2D eigenvalue weighted by atomic mass is 16.1. The fourth-order valence-corrected chi connectivity index (χ4v) is 2.73. The fraction of sp³-hybridized carbons (Fsp3) is 0.440. The zero-order valence-corrected chi connectivity index (χ0v) is 17.1. The molecule has 0 bridgehead atoms. The van der Waals surface area contributed by atoms with E-state index in [4.69, 9.17) is 0 Å². The van der Waals surface area contributed by atoms with E-state index in [0.717, 1.165) is 32.1 Å². The molecule has 1 unspecified atom stereocenters. The van der Waals surface area contributed by atoms with E-state index < -0.39 is 0 Å². The van der Waals surface area contributed by atoms with Gasteiger partial charge in [0.15, 0.2) is 0 Å². The van der Waals surface area contributed by atoms with E-state index in [9.17, 15) is 4.79 Å². The summed E-state index contributed by atoms with van der Waals surface area (Å²) in [6.45, 7) is 10.3. The van der Waals surface area contributed by atoms with Crippen LogP contribution in [0.5, 0.6) is 0 Å². The van der Waals surface area contributed by atoms with Crippen molar-refractivity contribution in [1.82, 2.24) is 0 Å². The van der Waals surface area contributed by atoms with Gasteiger partial charge in [0.1, 0.15) is 5.78 Å². The van der Waals surface area contributed by atoms with Crippen LogP contribution in [0.4, 0.5) is 0 Å². The molecule has 1 rings (SSSR count). The molecule has 0 saturated heterocycles. The third-order valence-electron chi connectivity index (χ3n) is 4.45.